The Labute approximate surface area is 162 Å². The Balaban J connectivity index is 1.78. The van der Waals surface area contributed by atoms with Gasteiger partial charge in [0.25, 0.3) is 5.22 Å². The van der Waals surface area contributed by atoms with Gasteiger partial charge in [-0.25, -0.2) is 0 Å². The predicted octanol–water partition coefficient (Wildman–Crippen LogP) is 2.87. The maximum Gasteiger partial charge on any atom is 0.277 e. The molecular formula is C18H23N3O5S. The molecular weight excluding hydrogens is 370 g/mol. The van der Waals surface area contributed by atoms with Gasteiger partial charge in [0.15, 0.2) is 11.5 Å². The van der Waals surface area contributed by atoms with Crippen LogP contribution >= 0.6 is 11.8 Å². The van der Waals surface area contributed by atoms with E-state index in [1.165, 1.54) is 11.8 Å². The van der Waals surface area contributed by atoms with Gasteiger partial charge < -0.3 is 23.5 Å². The van der Waals surface area contributed by atoms with Crippen molar-refractivity contribution in [1.82, 2.24) is 15.1 Å². The van der Waals surface area contributed by atoms with E-state index in [2.05, 4.69) is 10.2 Å². The van der Waals surface area contributed by atoms with Gasteiger partial charge in [0.1, 0.15) is 0 Å². The monoisotopic (exact) mass is 393 g/mol. The summed E-state index contributed by atoms with van der Waals surface area (Å²) in [7, 11) is 4.63. The van der Waals surface area contributed by atoms with Crippen molar-refractivity contribution in [3.05, 3.63) is 12.1 Å². The lowest BCUT2D eigenvalue weighted by atomic mass is 10.2. The van der Waals surface area contributed by atoms with Crippen molar-refractivity contribution in [2.45, 2.75) is 30.2 Å². The average Bonchev–Trinajstić information content (AvgIpc) is 3.38. The molecule has 8 nitrogen and oxygen atoms in total. The topological polar surface area (TPSA) is 86.9 Å². The minimum Gasteiger partial charge on any atom is -0.493 e. The minimum atomic E-state index is -0.281. The van der Waals surface area contributed by atoms with Gasteiger partial charge in [0.05, 0.1) is 26.6 Å². The highest BCUT2D eigenvalue weighted by Crippen LogP contribution is 2.41. The fourth-order valence-corrected chi connectivity index (χ4v) is 3.74. The maximum absolute atomic E-state index is 12.4. The average molecular weight is 393 g/mol. The molecule has 0 saturated carbocycles. The Morgan fingerprint density at radius 3 is 2.30 bits per heavy atom. The first kappa shape index (κ1) is 19.3. The summed E-state index contributed by atoms with van der Waals surface area (Å²) in [6.45, 7) is 3.50. The number of carbonyl (C=O) groups is 1. The maximum atomic E-state index is 12.4. The van der Waals surface area contributed by atoms with E-state index in [0.29, 0.717) is 33.9 Å². The number of hydrogen-bond donors (Lipinski definition) is 0. The molecule has 2 heterocycles. The number of aromatic nitrogens is 2. The van der Waals surface area contributed by atoms with Crippen molar-refractivity contribution in [3.8, 4) is 28.7 Å². The molecule has 146 valence electrons. The molecule has 0 spiro atoms. The number of ether oxygens (including phenoxy) is 3. The zero-order valence-electron chi connectivity index (χ0n) is 15.9. The molecule has 1 aromatic heterocycles. The van der Waals surface area contributed by atoms with Crippen LogP contribution in [-0.2, 0) is 4.79 Å². The van der Waals surface area contributed by atoms with E-state index in [-0.39, 0.29) is 11.2 Å². The largest absolute Gasteiger partial charge is 0.493 e. The predicted molar refractivity (Wildman–Crippen MR) is 101 cm³/mol. The van der Waals surface area contributed by atoms with Crippen molar-refractivity contribution in [3.63, 3.8) is 0 Å². The number of methoxy groups -OCH3 is 3. The molecule has 1 aliphatic rings. The molecule has 1 atom stereocenters. The Kier molecular flexibility index (Phi) is 6.10. The van der Waals surface area contributed by atoms with Crippen LogP contribution in [0.5, 0.6) is 17.2 Å². The standard InChI is InChI=1S/C18H23N3O5S/c1-11(17(22)21-7-5-6-8-21)27-18-20-19-16(26-18)12-9-13(23-2)15(25-4)14(10-12)24-3/h9-11H,5-8H2,1-4H3/t11-/m0/s1. The molecule has 27 heavy (non-hydrogen) atoms. The molecule has 0 N–H and O–H groups in total. The first-order valence-electron chi connectivity index (χ1n) is 8.66. The van der Waals surface area contributed by atoms with E-state index in [9.17, 15) is 4.79 Å². The van der Waals surface area contributed by atoms with Crippen LogP contribution in [0.15, 0.2) is 21.8 Å². The minimum absolute atomic E-state index is 0.102. The smallest absolute Gasteiger partial charge is 0.277 e. The molecule has 0 unspecified atom stereocenters. The van der Waals surface area contributed by atoms with Crippen molar-refractivity contribution < 1.29 is 23.4 Å². The number of carbonyl (C=O) groups excluding carboxylic acids is 1. The first-order valence-corrected chi connectivity index (χ1v) is 9.54. The second kappa shape index (κ2) is 8.51. The third kappa shape index (κ3) is 4.13. The van der Waals surface area contributed by atoms with Gasteiger partial charge in [-0.15, -0.1) is 10.2 Å². The van der Waals surface area contributed by atoms with Crippen molar-refractivity contribution in [2.24, 2.45) is 0 Å². The van der Waals surface area contributed by atoms with Crippen molar-refractivity contribution >= 4 is 17.7 Å². The fraction of sp³-hybridized carbons (Fsp3) is 0.500. The number of likely N-dealkylation sites (tertiary alicyclic amines) is 1. The quantitative estimate of drug-likeness (QED) is 0.664. The Morgan fingerprint density at radius 1 is 1.11 bits per heavy atom. The highest BCUT2D eigenvalue weighted by molar-refractivity contribution is 8.00. The summed E-state index contributed by atoms with van der Waals surface area (Å²) in [5.41, 5.74) is 0.641. The van der Waals surface area contributed by atoms with Gasteiger partial charge in [-0.1, -0.05) is 11.8 Å². The van der Waals surface area contributed by atoms with Crippen LogP contribution < -0.4 is 14.2 Å². The van der Waals surface area contributed by atoms with Crippen LogP contribution in [0.2, 0.25) is 0 Å². The van der Waals surface area contributed by atoms with Crippen LogP contribution in [0.4, 0.5) is 0 Å². The summed E-state index contributed by atoms with van der Waals surface area (Å²) in [5, 5.41) is 8.21. The van der Waals surface area contributed by atoms with E-state index < -0.39 is 0 Å². The van der Waals surface area contributed by atoms with Crippen LogP contribution in [0.3, 0.4) is 0 Å². The molecule has 0 aliphatic carbocycles. The number of nitrogens with zero attached hydrogens (tertiary/aromatic N) is 3. The van der Waals surface area contributed by atoms with Crippen LogP contribution in [-0.4, -0.2) is 60.7 Å². The number of benzene rings is 1. The molecule has 1 aromatic carbocycles. The van der Waals surface area contributed by atoms with Gasteiger partial charge in [-0.3, -0.25) is 4.79 Å². The summed E-state index contributed by atoms with van der Waals surface area (Å²) in [4.78, 5) is 14.3. The molecule has 0 radical (unpaired) electrons. The van der Waals surface area contributed by atoms with Gasteiger partial charge in [0.2, 0.25) is 17.5 Å². The summed E-state index contributed by atoms with van der Waals surface area (Å²) < 4.78 is 21.8. The lowest BCUT2D eigenvalue weighted by Gasteiger charge is -2.18. The normalized spacial score (nSPS) is 14.9. The van der Waals surface area contributed by atoms with Crippen LogP contribution in [0, 0.1) is 0 Å². The Bertz CT molecular complexity index is 779. The van der Waals surface area contributed by atoms with Crippen molar-refractivity contribution in [2.75, 3.05) is 34.4 Å². The molecule has 1 aliphatic heterocycles. The van der Waals surface area contributed by atoms with E-state index in [0.717, 1.165) is 25.9 Å². The molecule has 1 saturated heterocycles. The zero-order chi connectivity index (χ0) is 19.4. The van der Waals surface area contributed by atoms with E-state index in [1.54, 1.807) is 33.5 Å². The van der Waals surface area contributed by atoms with E-state index in [4.69, 9.17) is 18.6 Å². The van der Waals surface area contributed by atoms with Crippen LogP contribution in [0.1, 0.15) is 19.8 Å². The fourth-order valence-electron chi connectivity index (χ4n) is 2.97. The number of thioether (sulfide) groups is 1. The number of hydrogen-bond acceptors (Lipinski definition) is 8. The SMILES string of the molecule is COc1cc(-c2nnc(S[C@@H](C)C(=O)N3CCCC3)o2)cc(OC)c1OC. The number of amides is 1. The highest BCUT2D eigenvalue weighted by atomic mass is 32.2. The van der Waals surface area contributed by atoms with Gasteiger partial charge in [0, 0.05) is 18.7 Å². The zero-order valence-corrected chi connectivity index (χ0v) is 16.7. The summed E-state index contributed by atoms with van der Waals surface area (Å²) in [5.74, 6) is 1.90. The van der Waals surface area contributed by atoms with Gasteiger partial charge in [-0.2, -0.15) is 0 Å². The van der Waals surface area contributed by atoms with E-state index in [1.807, 2.05) is 11.8 Å². The third-order valence-electron chi connectivity index (χ3n) is 4.36. The lowest BCUT2D eigenvalue weighted by Crippen LogP contribution is -2.34. The molecule has 1 amide bonds. The van der Waals surface area contributed by atoms with Crippen molar-refractivity contribution in [1.29, 1.82) is 0 Å². The van der Waals surface area contributed by atoms with E-state index >= 15 is 0 Å². The molecule has 0 bridgehead atoms. The second-order valence-corrected chi connectivity index (χ2v) is 7.37. The lowest BCUT2D eigenvalue weighted by molar-refractivity contribution is -0.129. The van der Waals surface area contributed by atoms with Crippen LogP contribution in [0.25, 0.3) is 11.5 Å². The van der Waals surface area contributed by atoms with Gasteiger partial charge in [-0.05, 0) is 31.9 Å². The molecule has 9 heteroatoms. The Hall–Kier alpha value is -2.42. The molecule has 3 rings (SSSR count). The highest BCUT2D eigenvalue weighted by Gasteiger charge is 2.26. The summed E-state index contributed by atoms with van der Waals surface area (Å²) >= 11 is 1.26. The molecule has 2 aromatic rings. The summed E-state index contributed by atoms with van der Waals surface area (Å²) in [6.07, 6.45) is 2.13. The first-order chi connectivity index (χ1) is 13.1. The summed E-state index contributed by atoms with van der Waals surface area (Å²) in [6, 6.07) is 3.48. The third-order valence-corrected chi connectivity index (χ3v) is 5.28. The number of rotatable bonds is 7. The Morgan fingerprint density at radius 2 is 1.74 bits per heavy atom. The second-order valence-electron chi connectivity index (χ2n) is 6.08. The molecule has 1 fully saturated rings. The van der Waals surface area contributed by atoms with Gasteiger partial charge >= 0.3 is 0 Å².